The number of likely N-dealkylation sites (N-methyl/N-ethyl adjacent to an activating group) is 1. The molecule has 0 radical (unpaired) electrons. The number of aromatic hydroxyl groups is 1. The number of nitrogens with zero attached hydrogens (tertiary/aromatic N) is 6. The Morgan fingerprint density at radius 2 is 1.36 bits per heavy atom. The first-order valence-corrected chi connectivity index (χ1v) is 47.9. The highest BCUT2D eigenvalue weighted by atomic mass is 33.1. The number of thiazole rings is 1. The summed E-state index contributed by atoms with van der Waals surface area (Å²) in [5.41, 5.74) is 16.0. The minimum Gasteiger partial charge on any atom is -0.508 e. The van der Waals surface area contributed by atoms with E-state index >= 15 is 4.79 Å². The predicted molar refractivity (Wildman–Crippen MR) is 500 cm³/mol. The second-order valence-electron chi connectivity index (χ2n) is 33.5. The van der Waals surface area contributed by atoms with E-state index in [-0.39, 0.29) is 127 Å². The number of likely N-dealkylation sites (tertiary alicyclic amines) is 1. The second kappa shape index (κ2) is 56.9. The van der Waals surface area contributed by atoms with Crippen LogP contribution in [0.5, 0.6) is 5.75 Å². The maximum Gasteiger partial charge on any atom is 0.426 e. The number of hydrazine groups is 1. The monoisotopic (exact) mass is 1990 g/mol. The highest BCUT2D eigenvalue weighted by Gasteiger charge is 2.42. The van der Waals surface area contributed by atoms with Crippen molar-refractivity contribution in [2.24, 2.45) is 41.2 Å². The van der Waals surface area contributed by atoms with Crippen LogP contribution in [0, 0.1) is 40.9 Å². The summed E-state index contributed by atoms with van der Waals surface area (Å²) in [4.78, 5) is 275. The van der Waals surface area contributed by atoms with E-state index in [0.717, 1.165) is 45.8 Å². The molecule has 0 bridgehead atoms. The Balaban J connectivity index is 1.02. The zero-order chi connectivity index (χ0) is 102. The number of aromatic amines is 1. The molecule has 21 N–H and O–H groups in total. The summed E-state index contributed by atoms with van der Waals surface area (Å²) < 4.78 is 16.8. The fourth-order valence-electron chi connectivity index (χ4n) is 14.6. The maximum absolute atomic E-state index is 15.1. The number of carboxylic acid groups (broad SMARTS) is 5. The molecule has 0 saturated carbocycles. The molecule has 5 aromatic rings. The number of anilines is 2. The molecule has 138 heavy (non-hydrogen) atoms. The van der Waals surface area contributed by atoms with Gasteiger partial charge in [0.15, 0.2) is 41.5 Å². The van der Waals surface area contributed by atoms with Crippen LogP contribution in [-0.2, 0) is 99.1 Å². The van der Waals surface area contributed by atoms with Gasteiger partial charge in [-0.2, -0.15) is 4.98 Å². The molecule has 1 aliphatic rings. The summed E-state index contributed by atoms with van der Waals surface area (Å²) >= 11 is 0.988. The van der Waals surface area contributed by atoms with Gasteiger partial charge in [0, 0.05) is 98.1 Å². The summed E-state index contributed by atoms with van der Waals surface area (Å²) in [6.45, 7) is 11.7. The Morgan fingerprint density at radius 1 is 0.703 bits per heavy atom. The standard InChI is InChI=1S/C88H121N19O28S3/c1-9-14-71(119)134-44-107(83(127)72(46(5)10-2)101-80(125)63-16-11-12-28-106(63)8)64(45(3)4)39-67(135-48(7)108)82-100-62(43-136-82)79(124)96-55(32-49-17-23-57(109)24-18-49)31-47(6)75(120)104-105-88(132)133-29-30-137-138-42-53(84(128)129)35-66(112)61(38-70(117)118)99-78(123)52(37-69(115)116)34-65(111)59(15-13-27-92-86(89)90)97-77(122)51(36-68(113)114)33-58(110)25-26-60(85(130)131)98-76(121)50-19-21-54(22-20-50)93-40-56-41-94-74-73(95-56)81(126)103-87(91)102-74/h17-24,41,43,45-47,51-53,55,59-61,63-64,67,72,93,109H,9-16,25-40,42,44H2,1-8H3,(H,96,124)(H,97,122)(H,98,121)(H,99,123)(H,101,125)(H,104,120)(H,105,132)(H,113,114)(H,115,116)(H,117,118)(H,128,129)(H,130,131)(H4,89,90,92)(H3,91,94,102,103,126)/t46?,47-,51-,52-,53+,55+,59-,60-,61-,63+,64+,67+,72-/m0/s1. The fourth-order valence-corrected chi connectivity index (χ4v) is 17.6. The molecule has 0 aliphatic carbocycles. The maximum atomic E-state index is 15.1. The molecule has 0 spiro atoms. The summed E-state index contributed by atoms with van der Waals surface area (Å²) in [5, 5.41) is 87.3. The van der Waals surface area contributed by atoms with Crippen LogP contribution in [0.1, 0.15) is 207 Å². The molecule has 1 saturated heterocycles. The van der Waals surface area contributed by atoms with Gasteiger partial charge in [0.25, 0.3) is 17.4 Å². The number of nitrogen functional groups attached to an aromatic ring is 1. The SMILES string of the molecule is CCCC(=O)OCN(C(=O)[C@@H](NC(=O)[C@H]1CCCCN1C)C(C)CC)[C@H](C[C@@H](OC(C)=O)c1nc(C(=O)N[C@@H](Cc2ccc(O)cc2)C[C@H](C)C(=O)NNC(=O)OCCSSC[C@@H](CC(=O)[C@H](CC(=O)O)NC(=O)[C@H](CC(=O)O)CC(=O)[C@H](CCCNC(=N)N)NC(=O)[C@H](CC(=O)O)CC(=O)CC[C@H](NC(=O)c2ccc(NCc3cnc4nc(N)[nH]c(=O)c4n3)cc2)C(=O)O)C(=O)O)cs1)C(C)C. The van der Waals surface area contributed by atoms with E-state index in [9.17, 15) is 117 Å². The number of rotatable bonds is 60. The minimum atomic E-state index is -2.03. The van der Waals surface area contributed by atoms with E-state index in [2.05, 4.69) is 73.0 Å². The van der Waals surface area contributed by atoms with Crippen molar-refractivity contribution < 1.29 is 131 Å². The number of benzene rings is 2. The lowest BCUT2D eigenvalue weighted by Gasteiger charge is -2.39. The molecule has 4 heterocycles. The molecule has 8 amide bonds. The summed E-state index contributed by atoms with van der Waals surface area (Å²) in [7, 11) is 3.69. The third kappa shape index (κ3) is 38.6. The van der Waals surface area contributed by atoms with Crippen molar-refractivity contribution in [1.29, 1.82) is 5.41 Å². The van der Waals surface area contributed by atoms with Crippen molar-refractivity contribution >= 4 is 168 Å². The number of carbonyl (C=O) groups excluding carboxylic acids is 13. The van der Waals surface area contributed by atoms with Gasteiger partial charge in [0.2, 0.25) is 35.5 Å². The van der Waals surface area contributed by atoms with E-state index in [1.165, 1.54) is 66.7 Å². The number of aromatic nitrogens is 5. The number of fused-ring (bicyclic) bond motifs is 1. The van der Waals surface area contributed by atoms with Crippen molar-refractivity contribution in [3.8, 4) is 5.75 Å². The Morgan fingerprint density at radius 3 is 1.97 bits per heavy atom. The van der Waals surface area contributed by atoms with Gasteiger partial charge in [-0.3, -0.25) is 102 Å². The van der Waals surface area contributed by atoms with Crippen LogP contribution in [0.15, 0.2) is 64.9 Å². The van der Waals surface area contributed by atoms with Crippen LogP contribution in [0.4, 0.5) is 16.4 Å². The molecule has 2 aromatic carbocycles. The fraction of sp³-hybridized carbons (Fsp3) is 0.545. The topological polar surface area (TPSA) is 731 Å². The van der Waals surface area contributed by atoms with E-state index in [0.29, 0.717) is 42.8 Å². The normalized spacial score (nSPS) is 15.1. The summed E-state index contributed by atoms with van der Waals surface area (Å²) in [6, 6.07) is 3.10. The van der Waals surface area contributed by atoms with E-state index in [4.69, 9.17) is 31.1 Å². The molecule has 50 heteroatoms. The molecule has 13 atom stereocenters. The summed E-state index contributed by atoms with van der Waals surface area (Å²) in [5.74, 6) is -26.4. The number of piperidine rings is 1. The molecular weight excluding hydrogens is 1870 g/mol. The number of amides is 8. The Bertz CT molecular complexity index is 5180. The molecular formula is C88H121N19O28S3. The predicted octanol–water partition coefficient (Wildman–Crippen LogP) is 3.87. The number of carbonyl (C=O) groups is 18. The number of nitrogens with one attached hydrogen (secondary N) is 11. The lowest BCUT2D eigenvalue weighted by molar-refractivity contribution is -0.161. The van der Waals surface area contributed by atoms with Gasteiger partial charge >= 0.3 is 47.9 Å². The summed E-state index contributed by atoms with van der Waals surface area (Å²) in [6.07, 6.45) is -5.52. The number of hydrogen-bond donors (Lipinski definition) is 19. The number of guanidine groups is 1. The quantitative estimate of drug-likeness (QED) is 0.00384. The van der Waals surface area contributed by atoms with Gasteiger partial charge in [-0.05, 0) is 119 Å². The number of nitrogens with two attached hydrogens (primary N) is 2. The number of hydrogen-bond acceptors (Lipinski definition) is 34. The van der Waals surface area contributed by atoms with Crippen LogP contribution < -0.4 is 65.1 Å². The Kier molecular flexibility index (Phi) is 46.7. The van der Waals surface area contributed by atoms with Crippen LogP contribution in [0.3, 0.4) is 0 Å². The highest BCUT2D eigenvalue weighted by Crippen LogP contribution is 2.34. The van der Waals surface area contributed by atoms with Gasteiger partial charge in [0.1, 0.15) is 40.9 Å². The Hall–Kier alpha value is -13.5. The number of phenolic OH excluding ortho intramolecular Hbond substituents is 1. The molecule has 47 nitrogen and oxygen atoms in total. The van der Waals surface area contributed by atoms with Crippen molar-refractivity contribution in [3.05, 3.63) is 98.0 Å². The molecule has 3 aromatic heterocycles. The van der Waals surface area contributed by atoms with Gasteiger partial charge in [-0.15, -0.1) is 11.3 Å². The molecule has 754 valence electrons. The van der Waals surface area contributed by atoms with Crippen LogP contribution in [0.25, 0.3) is 11.2 Å². The second-order valence-corrected chi connectivity index (χ2v) is 37.1. The number of H-pyrrole nitrogens is 1. The van der Waals surface area contributed by atoms with Gasteiger partial charge < -0.3 is 98.4 Å². The number of ether oxygens (including phenoxy) is 3. The van der Waals surface area contributed by atoms with Crippen LogP contribution in [-0.4, -0.2) is 265 Å². The number of esters is 2. The number of Topliss-reactive ketones (excluding diaryl/α,β-unsaturated/α-hetero) is 3. The third-order valence-electron chi connectivity index (χ3n) is 22.3. The average Bonchev–Trinajstić information content (AvgIpc) is 1.18. The van der Waals surface area contributed by atoms with Gasteiger partial charge in [-0.1, -0.05) is 88.1 Å². The van der Waals surface area contributed by atoms with E-state index in [1.54, 1.807) is 19.1 Å². The van der Waals surface area contributed by atoms with E-state index in [1.807, 2.05) is 39.6 Å². The van der Waals surface area contributed by atoms with Crippen molar-refractivity contribution in [2.75, 3.05) is 56.0 Å². The first-order chi connectivity index (χ1) is 65.3. The first kappa shape index (κ1) is 113. The van der Waals surface area contributed by atoms with Crippen LogP contribution >= 0.6 is 32.9 Å². The third-order valence-corrected chi connectivity index (χ3v) is 25.7. The van der Waals surface area contributed by atoms with Gasteiger partial charge in [-0.25, -0.2) is 30.0 Å². The number of phenols is 1. The Labute approximate surface area is 804 Å². The molecule has 1 aliphatic heterocycles. The van der Waals surface area contributed by atoms with Crippen molar-refractivity contribution in [2.45, 2.75) is 225 Å². The zero-order valence-corrected chi connectivity index (χ0v) is 79.9. The van der Waals surface area contributed by atoms with E-state index < -0.39 is 242 Å². The smallest absolute Gasteiger partial charge is 0.426 e. The zero-order valence-electron chi connectivity index (χ0n) is 77.5. The highest BCUT2D eigenvalue weighted by molar-refractivity contribution is 8.76. The van der Waals surface area contributed by atoms with Crippen molar-refractivity contribution in [1.82, 2.24) is 77.5 Å². The van der Waals surface area contributed by atoms with Crippen molar-refractivity contribution in [3.63, 3.8) is 0 Å². The molecule has 1 unspecified atom stereocenters. The van der Waals surface area contributed by atoms with Gasteiger partial charge in [0.05, 0.1) is 73.6 Å². The minimum absolute atomic E-state index is 0.0148. The lowest BCUT2D eigenvalue weighted by atomic mass is 9.90. The number of aliphatic carboxylic acids is 5. The largest absolute Gasteiger partial charge is 0.508 e. The molecule has 1 fully saturated rings. The lowest BCUT2D eigenvalue weighted by Crippen LogP contribution is -2.59. The number of carboxylic acids is 5. The molecule has 6 rings (SSSR count). The van der Waals surface area contributed by atoms with Crippen LogP contribution in [0.2, 0.25) is 0 Å². The first-order valence-electron chi connectivity index (χ1n) is 44.5. The average molecular weight is 1990 g/mol. The number of ketones is 3.